The molecule has 0 aliphatic heterocycles. The van der Waals surface area contributed by atoms with E-state index in [2.05, 4.69) is 124 Å². The fraction of sp³-hybridized carbons (Fsp3) is 0.263. The summed E-state index contributed by atoms with van der Waals surface area (Å²) in [6.07, 6.45) is 4.94. The summed E-state index contributed by atoms with van der Waals surface area (Å²) in [5.41, 5.74) is 17.4. The first kappa shape index (κ1) is 27.7. The predicted octanol–water partition coefficient (Wildman–Crippen LogP) is 9.80. The lowest BCUT2D eigenvalue weighted by Gasteiger charge is -2.39. The van der Waals surface area contributed by atoms with E-state index >= 15 is 0 Å². The zero-order chi connectivity index (χ0) is 28.7. The molecule has 2 atom stereocenters. The second-order valence-electron chi connectivity index (χ2n) is 12.3. The van der Waals surface area contributed by atoms with Gasteiger partial charge in [-0.15, -0.1) is 0 Å². The van der Waals surface area contributed by atoms with Crippen LogP contribution in [0.3, 0.4) is 0 Å². The summed E-state index contributed by atoms with van der Waals surface area (Å²) < 4.78 is 10.7. The summed E-state index contributed by atoms with van der Waals surface area (Å²) in [5, 5.41) is 0. The highest BCUT2D eigenvalue weighted by molar-refractivity contribution is 6.81. The summed E-state index contributed by atoms with van der Waals surface area (Å²) in [5.74, 6) is 0. The number of rotatable bonds is 8. The molecule has 0 aromatic heterocycles. The van der Waals surface area contributed by atoms with Crippen molar-refractivity contribution in [2.45, 2.75) is 51.2 Å². The van der Waals surface area contributed by atoms with Gasteiger partial charge >= 0.3 is 0 Å². The largest absolute Gasteiger partial charge is 0.380 e. The Kier molecular flexibility index (Phi) is 7.46. The molecule has 2 unspecified atom stereocenters. The Bertz CT molecular complexity index is 1520. The zero-order valence-corrected chi connectivity index (χ0v) is 26.1. The number of hydrogen-bond donors (Lipinski definition) is 0. The van der Waals surface area contributed by atoms with Crippen LogP contribution in [0.25, 0.3) is 34.4 Å². The Morgan fingerprint density at radius 1 is 0.561 bits per heavy atom. The van der Waals surface area contributed by atoms with E-state index in [1.165, 1.54) is 66.8 Å². The molecule has 208 valence electrons. The molecule has 0 amide bonds. The molecular weight excluding hydrogens is 517 g/mol. The molecule has 0 saturated carbocycles. The highest BCUT2D eigenvalue weighted by Gasteiger charge is 2.47. The monoisotopic (exact) mass is 556 g/mol. The van der Waals surface area contributed by atoms with E-state index in [1.807, 2.05) is 0 Å². The molecule has 3 heteroatoms. The van der Waals surface area contributed by atoms with Gasteiger partial charge < -0.3 is 9.47 Å². The van der Waals surface area contributed by atoms with Crippen LogP contribution < -0.4 is 0 Å². The van der Waals surface area contributed by atoms with Crippen molar-refractivity contribution in [1.82, 2.24) is 0 Å². The summed E-state index contributed by atoms with van der Waals surface area (Å²) in [7, 11) is 1.57. The lowest BCUT2D eigenvalue weighted by Crippen LogP contribution is -2.42. The lowest BCUT2D eigenvalue weighted by atomic mass is 9.96. The standard InChI is InChI=1S/C38H40O2Si/c1-25-21-35-31(29-17-13-27(14-18-29)23-39-3)9-7-11-33(35)37(25)41(5,6)38-26(2)22-36-32(10-8-12-34(36)38)30-19-15-28(16-20-30)24-40-4/h7-22,37-38H,23-24H2,1-6H3. The molecule has 0 N–H and O–H groups in total. The Hall–Kier alpha value is -3.50. The molecule has 0 saturated heterocycles. The summed E-state index contributed by atoms with van der Waals surface area (Å²) >= 11 is 0. The van der Waals surface area contributed by atoms with Gasteiger partial charge in [-0.3, -0.25) is 0 Å². The van der Waals surface area contributed by atoms with E-state index in [4.69, 9.17) is 9.47 Å². The molecule has 0 radical (unpaired) electrons. The maximum Gasteiger partial charge on any atom is 0.0722 e. The molecule has 6 rings (SSSR count). The van der Waals surface area contributed by atoms with Crippen LogP contribution in [0.1, 0.15) is 58.3 Å². The fourth-order valence-electron chi connectivity index (χ4n) is 7.64. The Balaban J connectivity index is 1.37. The summed E-state index contributed by atoms with van der Waals surface area (Å²) in [6, 6.07) is 31.6. The van der Waals surface area contributed by atoms with E-state index < -0.39 is 8.07 Å². The maximum absolute atomic E-state index is 5.33. The quantitative estimate of drug-likeness (QED) is 0.201. The van der Waals surface area contributed by atoms with Gasteiger partial charge in [0, 0.05) is 25.3 Å². The zero-order valence-electron chi connectivity index (χ0n) is 25.1. The minimum atomic E-state index is -1.92. The fourth-order valence-corrected chi connectivity index (χ4v) is 12.6. The maximum atomic E-state index is 5.33. The summed E-state index contributed by atoms with van der Waals surface area (Å²) in [6.45, 7) is 11.2. The number of methoxy groups -OCH3 is 2. The van der Waals surface area contributed by atoms with Gasteiger partial charge in [-0.2, -0.15) is 0 Å². The highest BCUT2D eigenvalue weighted by Crippen LogP contribution is 2.54. The molecule has 0 bridgehead atoms. The minimum Gasteiger partial charge on any atom is -0.380 e. The first-order valence-corrected chi connectivity index (χ1v) is 17.8. The number of allylic oxidation sites excluding steroid dienone is 2. The number of fused-ring (bicyclic) bond motifs is 2. The molecule has 0 heterocycles. The average molecular weight is 557 g/mol. The Morgan fingerprint density at radius 2 is 0.951 bits per heavy atom. The van der Waals surface area contributed by atoms with Crippen molar-refractivity contribution in [2.24, 2.45) is 0 Å². The van der Waals surface area contributed by atoms with Gasteiger partial charge in [0.05, 0.1) is 21.3 Å². The summed E-state index contributed by atoms with van der Waals surface area (Å²) in [4.78, 5) is 0. The predicted molar refractivity (Wildman–Crippen MR) is 175 cm³/mol. The van der Waals surface area contributed by atoms with Crippen LogP contribution >= 0.6 is 0 Å². The molecular formula is C38H40O2Si. The molecule has 2 nitrogen and oxygen atoms in total. The first-order valence-electron chi connectivity index (χ1n) is 14.6. The second-order valence-corrected chi connectivity index (χ2v) is 17.1. The van der Waals surface area contributed by atoms with Crippen molar-refractivity contribution >= 4 is 20.2 Å². The van der Waals surface area contributed by atoms with Crippen molar-refractivity contribution in [3.63, 3.8) is 0 Å². The van der Waals surface area contributed by atoms with Gasteiger partial charge in [0.25, 0.3) is 0 Å². The van der Waals surface area contributed by atoms with Crippen LogP contribution in [-0.2, 0) is 22.7 Å². The molecule has 0 spiro atoms. The van der Waals surface area contributed by atoms with Crippen LogP contribution in [0.2, 0.25) is 13.1 Å². The number of hydrogen-bond acceptors (Lipinski definition) is 2. The number of ether oxygens (including phenoxy) is 2. The van der Waals surface area contributed by atoms with E-state index in [-0.39, 0.29) is 0 Å². The molecule has 2 aliphatic rings. The lowest BCUT2D eigenvalue weighted by molar-refractivity contribution is 0.185. The normalized spacial score (nSPS) is 17.7. The van der Waals surface area contributed by atoms with E-state index in [9.17, 15) is 0 Å². The molecule has 0 fully saturated rings. The van der Waals surface area contributed by atoms with Gasteiger partial charge in [-0.25, -0.2) is 0 Å². The molecule has 4 aromatic carbocycles. The van der Waals surface area contributed by atoms with Crippen molar-refractivity contribution in [3.8, 4) is 22.3 Å². The highest BCUT2D eigenvalue weighted by atomic mass is 28.3. The third-order valence-corrected chi connectivity index (χ3v) is 13.7. The third kappa shape index (κ3) is 4.86. The van der Waals surface area contributed by atoms with Crippen LogP contribution in [-0.4, -0.2) is 22.3 Å². The molecule has 2 aliphatic carbocycles. The molecule has 4 aromatic rings. The van der Waals surface area contributed by atoms with Gasteiger partial charge in [-0.05, 0) is 69.5 Å². The van der Waals surface area contributed by atoms with Crippen molar-refractivity contribution < 1.29 is 9.47 Å². The third-order valence-electron chi connectivity index (χ3n) is 9.20. The van der Waals surface area contributed by atoms with E-state index in [1.54, 1.807) is 14.2 Å². The van der Waals surface area contributed by atoms with Gasteiger partial charge in [0.2, 0.25) is 0 Å². The second kappa shape index (κ2) is 11.1. The van der Waals surface area contributed by atoms with Gasteiger partial charge in [-0.1, -0.05) is 121 Å². The van der Waals surface area contributed by atoms with Crippen LogP contribution in [0, 0.1) is 0 Å². The first-order chi connectivity index (χ1) is 19.8. The van der Waals surface area contributed by atoms with Gasteiger partial charge in [0.1, 0.15) is 0 Å². The molecule has 41 heavy (non-hydrogen) atoms. The van der Waals surface area contributed by atoms with Crippen molar-refractivity contribution in [3.05, 3.63) is 129 Å². The van der Waals surface area contributed by atoms with Crippen LogP contribution in [0.15, 0.2) is 96.1 Å². The van der Waals surface area contributed by atoms with E-state index in [0.29, 0.717) is 24.3 Å². The smallest absolute Gasteiger partial charge is 0.0722 e. The number of benzene rings is 4. The Morgan fingerprint density at radius 3 is 1.32 bits per heavy atom. The van der Waals surface area contributed by atoms with Gasteiger partial charge in [0.15, 0.2) is 0 Å². The topological polar surface area (TPSA) is 18.5 Å². The Labute approximate surface area is 246 Å². The SMILES string of the molecule is COCc1ccc(-c2cccc3c2C=C(C)C3[Si](C)(C)C2C(C)=Cc3c(-c4ccc(COC)cc4)cccc32)cc1. The van der Waals surface area contributed by atoms with Crippen molar-refractivity contribution in [2.75, 3.05) is 14.2 Å². The van der Waals surface area contributed by atoms with Crippen molar-refractivity contribution in [1.29, 1.82) is 0 Å². The van der Waals surface area contributed by atoms with Crippen LogP contribution in [0.5, 0.6) is 0 Å². The van der Waals surface area contributed by atoms with Crippen LogP contribution in [0.4, 0.5) is 0 Å². The van der Waals surface area contributed by atoms with E-state index in [0.717, 1.165) is 0 Å². The average Bonchev–Trinajstić information content (AvgIpc) is 3.50. The minimum absolute atomic E-state index is 0.474.